The van der Waals surface area contributed by atoms with Gasteiger partial charge in [0.15, 0.2) is 0 Å². The first kappa shape index (κ1) is 6.81. The van der Waals surface area contributed by atoms with Crippen molar-refractivity contribution in [2.75, 3.05) is 5.75 Å². The van der Waals surface area contributed by atoms with E-state index < -0.39 is 0 Å². The molecule has 48 valence electrons. The zero-order valence-corrected chi connectivity index (χ0v) is 7.01. The Kier molecular flexibility index (Phi) is 2.15. The van der Waals surface area contributed by atoms with E-state index >= 15 is 0 Å². The molecule has 3 atom stereocenters. The molecule has 0 spiro atoms. The van der Waals surface area contributed by atoms with Crippen LogP contribution in [0.5, 0.6) is 0 Å². The molecule has 3 unspecified atom stereocenters. The van der Waals surface area contributed by atoms with Crippen molar-refractivity contribution in [3.8, 4) is 0 Å². The highest BCUT2D eigenvalue weighted by molar-refractivity contribution is 8.10. The Morgan fingerprint density at radius 1 is 1.50 bits per heavy atom. The van der Waals surface area contributed by atoms with Gasteiger partial charge in [0.25, 0.3) is 0 Å². The third-order valence-corrected chi connectivity index (χ3v) is 4.28. The van der Waals surface area contributed by atoms with Gasteiger partial charge in [0, 0.05) is 0 Å². The zero-order valence-electron chi connectivity index (χ0n) is 5.29. The second-order valence-electron chi connectivity index (χ2n) is 2.56. The highest BCUT2D eigenvalue weighted by Gasteiger charge is 2.27. The molecule has 1 rings (SSSR count). The lowest BCUT2D eigenvalue weighted by molar-refractivity contribution is 0.482. The molecule has 0 aliphatic carbocycles. The molecular formula is C6H12S2. The summed E-state index contributed by atoms with van der Waals surface area (Å²) in [4.78, 5) is 0. The number of hydrogen-bond acceptors (Lipinski definition) is 2. The molecule has 0 aromatic carbocycles. The van der Waals surface area contributed by atoms with Crippen molar-refractivity contribution in [1.29, 1.82) is 0 Å². The summed E-state index contributed by atoms with van der Waals surface area (Å²) >= 11 is 6.39. The molecule has 0 aromatic heterocycles. The Labute approximate surface area is 60.8 Å². The number of hydrogen-bond donors (Lipinski definition) is 1. The molecule has 0 bridgehead atoms. The molecule has 0 aromatic rings. The van der Waals surface area contributed by atoms with Gasteiger partial charge in [-0.15, -0.1) is 11.8 Å². The third-order valence-electron chi connectivity index (χ3n) is 1.88. The lowest BCUT2D eigenvalue weighted by atomic mass is 10.0. The second kappa shape index (κ2) is 2.53. The third kappa shape index (κ3) is 1.16. The van der Waals surface area contributed by atoms with Crippen molar-refractivity contribution in [2.24, 2.45) is 11.8 Å². The van der Waals surface area contributed by atoms with E-state index in [1.165, 1.54) is 5.75 Å². The van der Waals surface area contributed by atoms with Crippen LogP contribution in [0.1, 0.15) is 13.8 Å². The van der Waals surface area contributed by atoms with Crippen molar-refractivity contribution >= 4 is 24.4 Å². The number of thiol groups is 1. The summed E-state index contributed by atoms with van der Waals surface area (Å²) < 4.78 is 0.602. The van der Waals surface area contributed by atoms with Crippen LogP contribution in [-0.2, 0) is 0 Å². The summed E-state index contributed by atoms with van der Waals surface area (Å²) in [5, 5.41) is 0. The first-order valence-corrected chi connectivity index (χ1v) is 4.58. The Morgan fingerprint density at radius 2 is 2.12 bits per heavy atom. The first-order chi connectivity index (χ1) is 3.72. The highest BCUT2D eigenvalue weighted by atomic mass is 32.2. The zero-order chi connectivity index (χ0) is 6.15. The SMILES string of the molecule is CC1CSC(S)C1C. The average molecular weight is 148 g/mol. The largest absolute Gasteiger partial charge is 0.165 e. The van der Waals surface area contributed by atoms with E-state index in [0.29, 0.717) is 4.58 Å². The number of thioether (sulfide) groups is 1. The fourth-order valence-electron chi connectivity index (χ4n) is 0.835. The molecule has 1 saturated heterocycles. The topological polar surface area (TPSA) is 0 Å². The van der Waals surface area contributed by atoms with Gasteiger partial charge in [-0.2, -0.15) is 12.6 Å². The van der Waals surface area contributed by atoms with E-state index in [2.05, 4.69) is 26.5 Å². The molecule has 1 fully saturated rings. The predicted molar refractivity (Wildman–Crippen MR) is 43.6 cm³/mol. The molecule has 0 saturated carbocycles. The molecule has 0 amide bonds. The Bertz CT molecular complexity index is 72.6. The Morgan fingerprint density at radius 3 is 2.25 bits per heavy atom. The van der Waals surface area contributed by atoms with Crippen molar-refractivity contribution in [1.82, 2.24) is 0 Å². The van der Waals surface area contributed by atoms with Crippen LogP contribution in [0.2, 0.25) is 0 Å². The molecule has 0 nitrogen and oxygen atoms in total. The maximum absolute atomic E-state index is 4.41. The van der Waals surface area contributed by atoms with Gasteiger partial charge in [-0.05, 0) is 17.6 Å². The van der Waals surface area contributed by atoms with Crippen molar-refractivity contribution in [2.45, 2.75) is 18.4 Å². The van der Waals surface area contributed by atoms with Crippen molar-refractivity contribution in [3.05, 3.63) is 0 Å². The van der Waals surface area contributed by atoms with Gasteiger partial charge in [0.2, 0.25) is 0 Å². The monoisotopic (exact) mass is 148 g/mol. The van der Waals surface area contributed by atoms with Gasteiger partial charge >= 0.3 is 0 Å². The van der Waals surface area contributed by atoms with Crippen LogP contribution < -0.4 is 0 Å². The standard InChI is InChI=1S/C6H12S2/c1-4-3-8-6(7)5(4)2/h4-7H,3H2,1-2H3. The lowest BCUT2D eigenvalue weighted by Crippen LogP contribution is -2.07. The molecule has 1 aliphatic rings. The predicted octanol–water partition coefficient (Wildman–Crippen LogP) is 2.26. The van der Waals surface area contributed by atoms with Crippen molar-refractivity contribution in [3.63, 3.8) is 0 Å². The summed E-state index contributed by atoms with van der Waals surface area (Å²) in [7, 11) is 0. The minimum absolute atomic E-state index is 0.602. The maximum atomic E-state index is 4.41. The summed E-state index contributed by atoms with van der Waals surface area (Å²) in [5.74, 6) is 2.99. The minimum Gasteiger partial charge on any atom is -0.165 e. The van der Waals surface area contributed by atoms with Gasteiger partial charge in [-0.25, -0.2) is 0 Å². The Balaban J connectivity index is 2.44. The minimum atomic E-state index is 0.602. The summed E-state index contributed by atoms with van der Waals surface area (Å²) in [6.07, 6.45) is 0. The van der Waals surface area contributed by atoms with Crippen LogP contribution in [0, 0.1) is 11.8 Å². The summed E-state index contributed by atoms with van der Waals surface area (Å²) in [5.41, 5.74) is 0. The smallest absolute Gasteiger partial charge is 0.0500 e. The molecule has 1 aliphatic heterocycles. The first-order valence-electron chi connectivity index (χ1n) is 3.01. The van der Waals surface area contributed by atoms with E-state index in [4.69, 9.17) is 0 Å². The summed E-state index contributed by atoms with van der Waals surface area (Å²) in [6, 6.07) is 0. The van der Waals surface area contributed by atoms with Gasteiger partial charge in [0.05, 0.1) is 4.58 Å². The van der Waals surface area contributed by atoms with Crippen molar-refractivity contribution < 1.29 is 0 Å². The van der Waals surface area contributed by atoms with Gasteiger partial charge in [-0.3, -0.25) is 0 Å². The van der Waals surface area contributed by atoms with E-state index in [1.807, 2.05) is 11.8 Å². The molecular weight excluding hydrogens is 136 g/mol. The normalized spacial score (nSPS) is 47.6. The van der Waals surface area contributed by atoms with E-state index in [1.54, 1.807) is 0 Å². The molecule has 1 heterocycles. The maximum Gasteiger partial charge on any atom is 0.0500 e. The van der Waals surface area contributed by atoms with Gasteiger partial charge in [-0.1, -0.05) is 13.8 Å². The second-order valence-corrected chi connectivity index (χ2v) is 4.64. The van der Waals surface area contributed by atoms with E-state index in [0.717, 1.165) is 11.8 Å². The van der Waals surface area contributed by atoms with E-state index in [9.17, 15) is 0 Å². The molecule has 0 N–H and O–H groups in total. The van der Waals surface area contributed by atoms with E-state index in [-0.39, 0.29) is 0 Å². The van der Waals surface area contributed by atoms with Gasteiger partial charge in [0.1, 0.15) is 0 Å². The molecule has 8 heavy (non-hydrogen) atoms. The van der Waals surface area contributed by atoms with Crippen LogP contribution in [-0.4, -0.2) is 10.3 Å². The Hall–Kier alpha value is 0.700. The van der Waals surface area contributed by atoms with Crippen LogP contribution in [0.3, 0.4) is 0 Å². The molecule has 0 radical (unpaired) electrons. The van der Waals surface area contributed by atoms with Gasteiger partial charge < -0.3 is 0 Å². The quantitative estimate of drug-likeness (QED) is 0.514. The van der Waals surface area contributed by atoms with Crippen LogP contribution in [0.25, 0.3) is 0 Å². The number of rotatable bonds is 0. The molecule has 2 heteroatoms. The van der Waals surface area contributed by atoms with Crippen LogP contribution >= 0.6 is 24.4 Å². The summed E-state index contributed by atoms with van der Waals surface area (Å²) in [6.45, 7) is 4.58. The highest BCUT2D eigenvalue weighted by Crippen LogP contribution is 2.38. The average Bonchev–Trinajstić information content (AvgIpc) is 1.98. The van der Waals surface area contributed by atoms with Crippen LogP contribution in [0.4, 0.5) is 0 Å². The fourth-order valence-corrected chi connectivity index (χ4v) is 2.76. The lowest BCUT2D eigenvalue weighted by Gasteiger charge is -2.09. The van der Waals surface area contributed by atoms with Crippen LogP contribution in [0.15, 0.2) is 0 Å². The fraction of sp³-hybridized carbons (Fsp3) is 1.00.